The Morgan fingerprint density at radius 3 is 2.00 bits per heavy atom. The highest BCUT2D eigenvalue weighted by molar-refractivity contribution is 5.62. The average Bonchev–Trinajstić information content (AvgIpc) is 2.69. The van der Waals surface area contributed by atoms with Crippen LogP contribution in [0.1, 0.15) is 95.4 Å². The zero-order valence-electron chi connectivity index (χ0n) is 18.5. The van der Waals surface area contributed by atoms with Crippen molar-refractivity contribution in [3.63, 3.8) is 0 Å². The number of rotatable bonds is 3. The molecule has 0 amide bonds. The molecule has 0 N–H and O–H groups in total. The molecule has 0 radical (unpaired) electrons. The third kappa shape index (κ3) is 3.72. The summed E-state index contributed by atoms with van der Waals surface area (Å²) in [6.45, 7) is 2.16. The molecule has 0 saturated heterocycles. The number of aromatic nitrogens is 1. The van der Waals surface area contributed by atoms with Gasteiger partial charge in [0.1, 0.15) is 7.05 Å². The Balaban J connectivity index is 1.70. The summed E-state index contributed by atoms with van der Waals surface area (Å²) in [7, 11) is 2.11. The molecule has 1 nitrogen and oxygen atoms in total. The van der Waals surface area contributed by atoms with Crippen LogP contribution in [0.4, 0.5) is 0 Å². The minimum Gasteiger partial charge on any atom is -0.201 e. The van der Waals surface area contributed by atoms with Gasteiger partial charge in [0.15, 0.2) is 6.20 Å². The molecule has 2 fully saturated rings. The van der Waals surface area contributed by atoms with Crippen LogP contribution < -0.4 is 4.57 Å². The van der Waals surface area contributed by atoms with E-state index in [0.717, 1.165) is 31.2 Å². The van der Waals surface area contributed by atoms with Gasteiger partial charge >= 0.3 is 0 Å². The van der Waals surface area contributed by atoms with Crippen LogP contribution in [0, 0.1) is 6.92 Å². The molecule has 4 rings (SSSR count). The number of pyridine rings is 1. The van der Waals surface area contributed by atoms with Crippen LogP contribution in [0.25, 0.3) is 11.3 Å². The molecule has 2 saturated carbocycles. The van der Waals surface area contributed by atoms with Crippen molar-refractivity contribution in [2.45, 2.75) is 82.9 Å². The largest absolute Gasteiger partial charge is 0.212 e. The molecule has 0 aliphatic heterocycles. The molecule has 0 bridgehead atoms. The van der Waals surface area contributed by atoms with Crippen LogP contribution in [0.2, 0.25) is 0 Å². The zero-order valence-corrected chi connectivity index (χ0v) is 16.5. The second-order valence-corrected chi connectivity index (χ2v) is 8.27. The monoisotopic (exact) mass is 350 g/mol. The van der Waals surface area contributed by atoms with E-state index in [9.17, 15) is 0 Å². The molecule has 138 valence electrons. The predicted molar refractivity (Wildman–Crippen MR) is 109 cm³/mol. The quantitative estimate of drug-likeness (QED) is 0.550. The molecular weight excluding hydrogens is 314 g/mol. The van der Waals surface area contributed by atoms with Crippen molar-refractivity contribution in [1.29, 1.82) is 0 Å². The van der Waals surface area contributed by atoms with Gasteiger partial charge < -0.3 is 0 Å². The maximum absolute atomic E-state index is 9.01. The maximum atomic E-state index is 9.01. The summed E-state index contributed by atoms with van der Waals surface area (Å²) in [4.78, 5) is 0. The Labute approximate surface area is 162 Å². The molecule has 1 aromatic carbocycles. The van der Waals surface area contributed by atoms with E-state index in [4.69, 9.17) is 2.74 Å². The zero-order chi connectivity index (χ0) is 19.8. The molecule has 0 unspecified atom stereocenters. The first-order valence-corrected chi connectivity index (χ1v) is 10.5. The normalized spacial score (nSPS) is 23.2. The van der Waals surface area contributed by atoms with Crippen LogP contribution >= 0.6 is 0 Å². The van der Waals surface area contributed by atoms with Crippen molar-refractivity contribution in [2.24, 2.45) is 7.05 Å². The molecule has 0 spiro atoms. The molecule has 2 aliphatic rings. The van der Waals surface area contributed by atoms with E-state index in [2.05, 4.69) is 55.1 Å². The molecule has 1 heterocycles. The molecule has 0 atom stereocenters. The van der Waals surface area contributed by atoms with Crippen molar-refractivity contribution in [3.05, 3.63) is 53.2 Å². The van der Waals surface area contributed by atoms with E-state index in [0.29, 0.717) is 0 Å². The summed E-state index contributed by atoms with van der Waals surface area (Å²) in [5, 5.41) is 0. The first-order chi connectivity index (χ1) is 13.4. The van der Waals surface area contributed by atoms with Crippen LogP contribution in [0.15, 0.2) is 36.5 Å². The van der Waals surface area contributed by atoms with Crippen LogP contribution in [0.3, 0.4) is 0 Å². The number of nitrogens with zero attached hydrogens (tertiary/aromatic N) is 1. The summed E-state index contributed by atoms with van der Waals surface area (Å²) in [5.74, 6) is -0.842. The van der Waals surface area contributed by atoms with E-state index >= 15 is 0 Å². The van der Waals surface area contributed by atoms with Gasteiger partial charge in [0.25, 0.3) is 0 Å². The molecule has 1 heteroatoms. The maximum Gasteiger partial charge on any atom is 0.212 e. The molecular formula is C25H34N+. The SMILES string of the molecule is [2H]C1(c2ccc(C)c(-c3ccc(C4([2H])CCCCC4)c[n+]3C)c2)CCCCC1. The minimum atomic E-state index is -0.424. The Hall–Kier alpha value is -1.63. The number of benzene rings is 1. The highest BCUT2D eigenvalue weighted by Crippen LogP contribution is 2.36. The molecule has 2 aliphatic carbocycles. The van der Waals surface area contributed by atoms with Crippen molar-refractivity contribution in [1.82, 2.24) is 0 Å². The van der Waals surface area contributed by atoms with Crippen molar-refractivity contribution >= 4 is 0 Å². The van der Waals surface area contributed by atoms with E-state index in [1.54, 1.807) is 0 Å². The van der Waals surface area contributed by atoms with Crippen molar-refractivity contribution in [3.8, 4) is 11.3 Å². The second-order valence-electron chi connectivity index (χ2n) is 8.27. The lowest BCUT2D eigenvalue weighted by Crippen LogP contribution is -2.32. The summed E-state index contributed by atoms with van der Waals surface area (Å²) in [6.07, 6.45) is 13.3. The Bertz CT molecular complexity index is 846. The first-order valence-electron chi connectivity index (χ1n) is 11.5. The van der Waals surface area contributed by atoms with Gasteiger partial charge in [0, 0.05) is 19.9 Å². The molecule has 1 aromatic heterocycles. The van der Waals surface area contributed by atoms with Crippen molar-refractivity contribution < 1.29 is 7.31 Å². The Kier molecular flexibility index (Phi) is 4.71. The van der Waals surface area contributed by atoms with Gasteiger partial charge in [-0.2, -0.15) is 0 Å². The predicted octanol–water partition coefficient (Wildman–Crippen LogP) is 6.58. The first kappa shape index (κ1) is 15.4. The lowest BCUT2D eigenvalue weighted by atomic mass is 9.82. The van der Waals surface area contributed by atoms with Gasteiger partial charge in [-0.1, -0.05) is 50.7 Å². The smallest absolute Gasteiger partial charge is 0.201 e. The lowest BCUT2D eigenvalue weighted by Gasteiger charge is -2.23. The number of hydrogen-bond acceptors (Lipinski definition) is 0. The fourth-order valence-electron chi connectivity index (χ4n) is 4.75. The fourth-order valence-corrected chi connectivity index (χ4v) is 4.75. The van der Waals surface area contributed by atoms with Gasteiger partial charge in [0.05, 0.1) is 0 Å². The van der Waals surface area contributed by atoms with Crippen LogP contribution in [-0.4, -0.2) is 0 Å². The second kappa shape index (κ2) is 7.94. The van der Waals surface area contributed by atoms with Gasteiger partial charge in [-0.15, -0.1) is 0 Å². The highest BCUT2D eigenvalue weighted by atomic mass is 14.9. The van der Waals surface area contributed by atoms with E-state index in [-0.39, 0.29) is 0 Å². The van der Waals surface area contributed by atoms with Crippen LogP contribution in [0.5, 0.6) is 0 Å². The Morgan fingerprint density at radius 1 is 0.808 bits per heavy atom. The average molecular weight is 351 g/mol. The summed E-state index contributed by atoms with van der Waals surface area (Å²) in [5.41, 5.74) is 5.98. The van der Waals surface area contributed by atoms with E-state index < -0.39 is 11.8 Å². The molecule has 26 heavy (non-hydrogen) atoms. The lowest BCUT2D eigenvalue weighted by molar-refractivity contribution is -0.660. The third-order valence-corrected chi connectivity index (χ3v) is 6.38. The third-order valence-electron chi connectivity index (χ3n) is 6.38. The van der Waals surface area contributed by atoms with Gasteiger partial charge in [-0.05, 0) is 67.7 Å². The van der Waals surface area contributed by atoms with E-state index in [1.807, 2.05) is 0 Å². The highest BCUT2D eigenvalue weighted by Gasteiger charge is 2.22. The number of hydrogen-bond donors (Lipinski definition) is 0. The summed E-state index contributed by atoms with van der Waals surface area (Å²) >= 11 is 0. The number of aryl methyl sites for hydroxylation is 2. The van der Waals surface area contributed by atoms with Gasteiger partial charge in [-0.3, -0.25) is 0 Å². The Morgan fingerprint density at radius 2 is 1.38 bits per heavy atom. The van der Waals surface area contributed by atoms with Gasteiger partial charge in [0.2, 0.25) is 5.69 Å². The summed E-state index contributed by atoms with van der Waals surface area (Å²) in [6, 6.07) is 11.0. The standard InChI is InChI=1S/C25H34N/c1-19-13-14-22(20-9-5-3-6-10-20)17-24(19)25-16-15-23(18-26(25)2)21-11-7-4-8-12-21/h13-18,20-21H,3-12H2,1-2H3/q+1/i20D,21D. The molecule has 2 aromatic rings. The topological polar surface area (TPSA) is 3.88 Å². The van der Waals surface area contributed by atoms with Crippen LogP contribution in [-0.2, 0) is 7.05 Å². The fraction of sp³-hybridized carbons (Fsp3) is 0.560. The minimum absolute atomic E-state index is 0.418. The van der Waals surface area contributed by atoms with E-state index in [1.165, 1.54) is 60.9 Å². The van der Waals surface area contributed by atoms with Crippen molar-refractivity contribution in [2.75, 3.05) is 0 Å². The summed E-state index contributed by atoms with van der Waals surface area (Å²) < 4.78 is 20.1. The van der Waals surface area contributed by atoms with Gasteiger partial charge in [-0.25, -0.2) is 4.57 Å².